The number of carbonyl (C=O) groups is 1. The number of aromatic carboxylic acids is 1. The van der Waals surface area contributed by atoms with Gasteiger partial charge in [0, 0.05) is 24.5 Å². The lowest BCUT2D eigenvalue weighted by molar-refractivity contribution is 0.0698. The van der Waals surface area contributed by atoms with Crippen LogP contribution in [0.5, 0.6) is 0 Å². The van der Waals surface area contributed by atoms with Crippen LogP contribution >= 0.6 is 0 Å². The Morgan fingerprint density at radius 1 is 1.30 bits per heavy atom. The second-order valence-corrected chi connectivity index (χ2v) is 7.33. The summed E-state index contributed by atoms with van der Waals surface area (Å²) in [4.78, 5) is 13.1. The number of carboxylic acid groups (broad SMARTS) is 1. The summed E-state index contributed by atoms with van der Waals surface area (Å²) in [6, 6.07) is 3.32. The molecule has 1 aliphatic rings. The largest absolute Gasteiger partial charge is 0.478 e. The van der Waals surface area contributed by atoms with Gasteiger partial charge < -0.3 is 15.7 Å². The van der Waals surface area contributed by atoms with Crippen LogP contribution in [0.2, 0.25) is 0 Å². The zero-order chi connectivity index (χ0) is 14.9. The summed E-state index contributed by atoms with van der Waals surface area (Å²) in [5, 5.41) is 9.16. The third-order valence-electron chi connectivity index (χ3n) is 3.52. The van der Waals surface area contributed by atoms with Gasteiger partial charge in [0.2, 0.25) is 0 Å². The van der Waals surface area contributed by atoms with Crippen molar-refractivity contribution in [2.45, 2.75) is 13.3 Å². The zero-order valence-electron chi connectivity index (χ0n) is 11.3. The highest BCUT2D eigenvalue weighted by Crippen LogP contribution is 2.26. The molecule has 1 aliphatic heterocycles. The number of nitrogens with two attached hydrogens (primary N) is 1. The molecule has 20 heavy (non-hydrogen) atoms. The van der Waals surface area contributed by atoms with E-state index >= 15 is 0 Å². The highest BCUT2D eigenvalue weighted by Gasteiger charge is 2.21. The second-order valence-electron chi connectivity index (χ2n) is 5.02. The molecule has 0 atom stereocenters. The van der Waals surface area contributed by atoms with Gasteiger partial charge in [-0.05, 0) is 31.0 Å². The zero-order valence-corrected chi connectivity index (χ0v) is 12.1. The van der Waals surface area contributed by atoms with Crippen molar-refractivity contribution in [3.63, 3.8) is 0 Å². The van der Waals surface area contributed by atoms with E-state index in [1.54, 1.807) is 13.0 Å². The summed E-state index contributed by atoms with van der Waals surface area (Å²) in [6.07, 6.45) is 0.550. The lowest BCUT2D eigenvalue weighted by Crippen LogP contribution is -2.27. The SMILES string of the molecule is Cc1cc(N2CCCS(=O)(=O)CC2)cc(C(=O)O)c1N. The fourth-order valence-electron chi connectivity index (χ4n) is 2.34. The van der Waals surface area contributed by atoms with Crippen LogP contribution in [0.3, 0.4) is 0 Å². The molecular weight excluding hydrogens is 280 g/mol. The van der Waals surface area contributed by atoms with Crippen LogP contribution in [0.25, 0.3) is 0 Å². The number of hydrogen-bond donors (Lipinski definition) is 2. The Bertz CT molecular complexity index is 640. The van der Waals surface area contributed by atoms with Crippen LogP contribution < -0.4 is 10.6 Å². The van der Waals surface area contributed by atoms with Crippen molar-refractivity contribution in [3.05, 3.63) is 23.3 Å². The molecule has 7 heteroatoms. The molecule has 0 radical (unpaired) electrons. The first-order chi connectivity index (χ1) is 9.30. The van der Waals surface area contributed by atoms with Crippen LogP contribution in [-0.2, 0) is 9.84 Å². The molecule has 2 rings (SSSR count). The molecule has 6 nitrogen and oxygen atoms in total. The van der Waals surface area contributed by atoms with Crippen molar-refractivity contribution in [3.8, 4) is 0 Å². The molecule has 0 spiro atoms. The summed E-state index contributed by atoms with van der Waals surface area (Å²) < 4.78 is 23.2. The van der Waals surface area contributed by atoms with Gasteiger partial charge in [0.1, 0.15) is 0 Å². The van der Waals surface area contributed by atoms with Gasteiger partial charge in [0.05, 0.1) is 17.1 Å². The van der Waals surface area contributed by atoms with E-state index in [1.807, 2.05) is 4.90 Å². The van der Waals surface area contributed by atoms with Crippen LogP contribution in [0, 0.1) is 6.92 Å². The van der Waals surface area contributed by atoms with E-state index in [4.69, 9.17) is 10.8 Å². The second kappa shape index (κ2) is 5.32. The number of sulfone groups is 1. The molecule has 0 saturated carbocycles. The predicted octanol–water partition coefficient (Wildman–Crippen LogP) is 0.900. The molecule has 1 aromatic rings. The summed E-state index contributed by atoms with van der Waals surface area (Å²) in [6.45, 7) is 2.73. The van der Waals surface area contributed by atoms with E-state index in [9.17, 15) is 13.2 Å². The fraction of sp³-hybridized carbons (Fsp3) is 0.462. The maximum Gasteiger partial charge on any atom is 0.337 e. The Balaban J connectivity index is 2.36. The normalized spacial score (nSPS) is 18.6. The first kappa shape index (κ1) is 14.6. The van der Waals surface area contributed by atoms with E-state index in [-0.39, 0.29) is 22.8 Å². The van der Waals surface area contributed by atoms with Gasteiger partial charge in [-0.25, -0.2) is 13.2 Å². The number of nitrogens with zero attached hydrogens (tertiary/aromatic N) is 1. The fourth-order valence-corrected chi connectivity index (χ4v) is 3.61. The Labute approximate surface area is 118 Å². The molecule has 3 N–H and O–H groups in total. The van der Waals surface area contributed by atoms with Gasteiger partial charge in [-0.2, -0.15) is 0 Å². The summed E-state index contributed by atoms with van der Waals surface area (Å²) in [5.41, 5.74) is 7.48. The molecule has 0 bridgehead atoms. The minimum atomic E-state index is -2.99. The molecule has 1 saturated heterocycles. The Hall–Kier alpha value is -1.76. The van der Waals surface area contributed by atoms with Crippen molar-refractivity contribution in [1.29, 1.82) is 0 Å². The van der Waals surface area contributed by atoms with Crippen molar-refractivity contribution in [2.75, 3.05) is 35.2 Å². The Morgan fingerprint density at radius 3 is 2.65 bits per heavy atom. The molecule has 0 aliphatic carbocycles. The standard InChI is InChI=1S/C13H18N2O4S/c1-9-7-10(8-11(12(9)14)13(16)17)15-3-2-5-20(18,19)6-4-15/h7-8H,2-6,14H2,1H3,(H,16,17). The number of aryl methyl sites for hydroxylation is 1. The molecule has 0 unspecified atom stereocenters. The first-order valence-corrected chi connectivity index (χ1v) is 8.21. The lowest BCUT2D eigenvalue weighted by atomic mass is 10.1. The number of benzene rings is 1. The molecule has 110 valence electrons. The van der Waals surface area contributed by atoms with Gasteiger partial charge in [0.15, 0.2) is 9.84 Å². The third kappa shape index (κ3) is 3.04. The predicted molar refractivity (Wildman–Crippen MR) is 78.0 cm³/mol. The van der Waals surface area contributed by atoms with Gasteiger partial charge >= 0.3 is 5.97 Å². The molecular formula is C13H18N2O4S. The molecule has 1 fully saturated rings. The van der Waals surface area contributed by atoms with E-state index in [1.165, 1.54) is 6.07 Å². The van der Waals surface area contributed by atoms with Crippen LogP contribution in [0.15, 0.2) is 12.1 Å². The van der Waals surface area contributed by atoms with Crippen LogP contribution in [0.1, 0.15) is 22.3 Å². The number of anilines is 2. The van der Waals surface area contributed by atoms with Crippen LogP contribution in [-0.4, -0.2) is 44.1 Å². The van der Waals surface area contributed by atoms with Crippen molar-refractivity contribution < 1.29 is 18.3 Å². The lowest BCUT2D eigenvalue weighted by Gasteiger charge is -2.23. The molecule has 1 heterocycles. The highest BCUT2D eigenvalue weighted by molar-refractivity contribution is 7.91. The van der Waals surface area contributed by atoms with Gasteiger partial charge in [-0.15, -0.1) is 0 Å². The Morgan fingerprint density at radius 2 is 2.00 bits per heavy atom. The monoisotopic (exact) mass is 298 g/mol. The smallest absolute Gasteiger partial charge is 0.337 e. The van der Waals surface area contributed by atoms with Gasteiger partial charge in [0.25, 0.3) is 0 Å². The maximum atomic E-state index is 11.6. The molecule has 0 aromatic heterocycles. The average molecular weight is 298 g/mol. The van der Waals surface area contributed by atoms with Crippen molar-refractivity contribution in [1.82, 2.24) is 0 Å². The minimum Gasteiger partial charge on any atom is -0.478 e. The minimum absolute atomic E-state index is 0.0621. The first-order valence-electron chi connectivity index (χ1n) is 6.39. The van der Waals surface area contributed by atoms with Crippen molar-refractivity contribution in [2.24, 2.45) is 0 Å². The van der Waals surface area contributed by atoms with Crippen LogP contribution in [0.4, 0.5) is 11.4 Å². The van der Waals surface area contributed by atoms with Crippen molar-refractivity contribution >= 4 is 27.2 Å². The number of nitrogen functional groups attached to an aromatic ring is 1. The van der Waals surface area contributed by atoms with E-state index in [0.717, 1.165) is 0 Å². The van der Waals surface area contributed by atoms with Gasteiger partial charge in [-0.3, -0.25) is 0 Å². The summed E-state index contributed by atoms with van der Waals surface area (Å²) in [7, 11) is -2.99. The highest BCUT2D eigenvalue weighted by atomic mass is 32.2. The summed E-state index contributed by atoms with van der Waals surface area (Å²) >= 11 is 0. The quantitative estimate of drug-likeness (QED) is 0.787. The number of carboxylic acids is 1. The molecule has 0 amide bonds. The number of hydrogen-bond acceptors (Lipinski definition) is 5. The van der Waals surface area contributed by atoms with E-state index in [2.05, 4.69) is 0 Å². The van der Waals surface area contributed by atoms with E-state index < -0.39 is 15.8 Å². The number of rotatable bonds is 2. The Kier molecular flexibility index (Phi) is 3.89. The molecule has 1 aromatic carbocycles. The van der Waals surface area contributed by atoms with E-state index in [0.29, 0.717) is 30.8 Å². The average Bonchev–Trinajstić information content (AvgIpc) is 2.53. The van der Waals surface area contributed by atoms with Gasteiger partial charge in [-0.1, -0.05) is 0 Å². The summed E-state index contributed by atoms with van der Waals surface area (Å²) in [5.74, 6) is -0.794. The maximum absolute atomic E-state index is 11.6. The third-order valence-corrected chi connectivity index (χ3v) is 5.24. The topological polar surface area (TPSA) is 101 Å².